The highest BCUT2D eigenvalue weighted by atomic mass is 32.2. The summed E-state index contributed by atoms with van der Waals surface area (Å²) in [4.78, 5) is 26.9. The van der Waals surface area contributed by atoms with Crippen LogP contribution in [-0.2, 0) is 21.2 Å². The Morgan fingerprint density at radius 3 is 2.10 bits per heavy atom. The molecule has 0 aliphatic carbocycles. The van der Waals surface area contributed by atoms with E-state index in [4.69, 9.17) is 0 Å². The third kappa shape index (κ3) is 5.40. The number of sulfonamides is 1. The summed E-state index contributed by atoms with van der Waals surface area (Å²) < 4.78 is 27.3. The predicted octanol–water partition coefficient (Wildman–Crippen LogP) is 3.36. The zero-order valence-electron chi connectivity index (χ0n) is 18.4. The van der Waals surface area contributed by atoms with Crippen LogP contribution in [0.5, 0.6) is 0 Å². The van der Waals surface area contributed by atoms with Gasteiger partial charge in [-0.1, -0.05) is 37.3 Å². The summed E-state index contributed by atoms with van der Waals surface area (Å²) in [6.45, 7) is 7.08. The van der Waals surface area contributed by atoms with Crippen LogP contribution < -0.4 is 0 Å². The fraction of sp³-hybridized carbons (Fsp3) is 0.417. The number of aryl methyl sites for hydroxylation is 3. The number of Topliss-reactive ketones (excluding diaryl/α,β-unsaturated/α-hetero) is 1. The van der Waals surface area contributed by atoms with E-state index >= 15 is 0 Å². The third-order valence-electron chi connectivity index (χ3n) is 5.96. The van der Waals surface area contributed by atoms with Gasteiger partial charge in [-0.05, 0) is 49.1 Å². The molecule has 1 aliphatic heterocycles. The maximum atomic E-state index is 12.9. The Labute approximate surface area is 184 Å². The number of nitrogens with zero attached hydrogens (tertiary/aromatic N) is 2. The molecule has 2 aromatic carbocycles. The lowest BCUT2D eigenvalue weighted by atomic mass is 10.0. The monoisotopic (exact) mass is 442 g/mol. The van der Waals surface area contributed by atoms with Gasteiger partial charge in [-0.2, -0.15) is 4.31 Å². The molecule has 2 aromatic rings. The Morgan fingerprint density at radius 2 is 1.52 bits per heavy atom. The van der Waals surface area contributed by atoms with E-state index in [1.165, 1.54) is 9.87 Å². The molecule has 31 heavy (non-hydrogen) atoms. The number of carbonyl (C=O) groups excluding carboxylic acids is 2. The first kappa shape index (κ1) is 23.2. The van der Waals surface area contributed by atoms with Crippen molar-refractivity contribution in [3.8, 4) is 0 Å². The van der Waals surface area contributed by atoms with E-state index in [9.17, 15) is 18.0 Å². The molecule has 1 heterocycles. The molecule has 0 atom stereocenters. The van der Waals surface area contributed by atoms with Crippen molar-refractivity contribution in [2.45, 2.75) is 44.9 Å². The van der Waals surface area contributed by atoms with E-state index in [1.54, 1.807) is 17.0 Å². The van der Waals surface area contributed by atoms with Crippen molar-refractivity contribution < 1.29 is 18.0 Å². The van der Waals surface area contributed by atoms with Crippen molar-refractivity contribution in [1.82, 2.24) is 9.21 Å². The molecule has 0 radical (unpaired) electrons. The van der Waals surface area contributed by atoms with E-state index in [-0.39, 0.29) is 42.5 Å². The number of hydrogen-bond acceptors (Lipinski definition) is 4. The van der Waals surface area contributed by atoms with Gasteiger partial charge in [-0.25, -0.2) is 8.42 Å². The molecule has 0 N–H and O–H groups in total. The fourth-order valence-electron chi connectivity index (χ4n) is 3.65. The first-order valence-corrected chi connectivity index (χ1v) is 12.1. The summed E-state index contributed by atoms with van der Waals surface area (Å²) in [5.74, 6) is -0.159. The summed E-state index contributed by atoms with van der Waals surface area (Å²) in [5.41, 5.74) is 3.77. The highest BCUT2D eigenvalue weighted by Gasteiger charge is 2.30. The van der Waals surface area contributed by atoms with Crippen LogP contribution in [0, 0.1) is 13.8 Å². The van der Waals surface area contributed by atoms with E-state index in [1.807, 2.05) is 44.2 Å². The molecule has 0 aromatic heterocycles. The van der Waals surface area contributed by atoms with E-state index in [0.29, 0.717) is 18.7 Å². The molecule has 3 rings (SSSR count). The van der Waals surface area contributed by atoms with E-state index < -0.39 is 10.0 Å². The van der Waals surface area contributed by atoms with Crippen LogP contribution in [0.1, 0.15) is 46.8 Å². The number of rotatable bonds is 7. The molecule has 1 aliphatic rings. The maximum Gasteiger partial charge on any atom is 0.243 e. The van der Waals surface area contributed by atoms with Gasteiger partial charge in [0.05, 0.1) is 4.90 Å². The molecule has 1 amide bonds. The minimum Gasteiger partial charge on any atom is -0.340 e. The number of hydrogen-bond donors (Lipinski definition) is 0. The first-order chi connectivity index (χ1) is 14.7. The number of benzene rings is 2. The van der Waals surface area contributed by atoms with Crippen molar-refractivity contribution >= 4 is 21.7 Å². The van der Waals surface area contributed by atoms with Crippen LogP contribution in [0.2, 0.25) is 0 Å². The second-order valence-corrected chi connectivity index (χ2v) is 9.94. The minimum absolute atomic E-state index is 0.0491. The fourth-order valence-corrected chi connectivity index (χ4v) is 5.16. The minimum atomic E-state index is -3.58. The largest absolute Gasteiger partial charge is 0.340 e. The quantitative estimate of drug-likeness (QED) is 0.616. The topological polar surface area (TPSA) is 74.8 Å². The Morgan fingerprint density at radius 1 is 0.871 bits per heavy atom. The highest BCUT2D eigenvalue weighted by Crippen LogP contribution is 2.21. The van der Waals surface area contributed by atoms with Crippen LogP contribution in [0.15, 0.2) is 47.4 Å². The molecular weight excluding hydrogens is 412 g/mol. The van der Waals surface area contributed by atoms with Crippen LogP contribution in [0.4, 0.5) is 0 Å². The Kier molecular flexibility index (Phi) is 7.28. The lowest BCUT2D eigenvalue weighted by Gasteiger charge is -2.34. The maximum absolute atomic E-state index is 12.9. The van der Waals surface area contributed by atoms with Gasteiger partial charge in [0.2, 0.25) is 15.9 Å². The van der Waals surface area contributed by atoms with Crippen LogP contribution in [0.25, 0.3) is 0 Å². The Balaban J connectivity index is 1.53. The lowest BCUT2D eigenvalue weighted by molar-refractivity contribution is -0.132. The lowest BCUT2D eigenvalue weighted by Crippen LogP contribution is -2.50. The van der Waals surface area contributed by atoms with Gasteiger partial charge in [0.25, 0.3) is 0 Å². The normalized spacial score (nSPS) is 15.1. The number of carbonyl (C=O) groups is 2. The SMILES string of the molecule is CCc1ccc(C(=O)CCC(=O)N2CCN(S(=O)(=O)c3ccc(C)c(C)c3)CC2)cc1. The summed E-state index contributed by atoms with van der Waals surface area (Å²) in [7, 11) is -3.58. The summed E-state index contributed by atoms with van der Waals surface area (Å²) in [6.07, 6.45) is 1.21. The van der Waals surface area contributed by atoms with Crippen LogP contribution in [-0.4, -0.2) is 55.5 Å². The predicted molar refractivity (Wildman–Crippen MR) is 121 cm³/mol. The average Bonchev–Trinajstić information content (AvgIpc) is 2.79. The Bertz CT molecular complexity index is 1050. The molecule has 6 nitrogen and oxygen atoms in total. The van der Waals surface area contributed by atoms with E-state index in [2.05, 4.69) is 6.92 Å². The summed E-state index contributed by atoms with van der Waals surface area (Å²) in [5, 5.41) is 0. The molecule has 0 unspecified atom stereocenters. The first-order valence-electron chi connectivity index (χ1n) is 10.7. The molecule has 0 saturated carbocycles. The number of piperazine rings is 1. The smallest absolute Gasteiger partial charge is 0.243 e. The summed E-state index contributed by atoms with van der Waals surface area (Å²) >= 11 is 0. The van der Waals surface area contributed by atoms with E-state index in [0.717, 1.165) is 17.5 Å². The number of ketones is 1. The zero-order chi connectivity index (χ0) is 22.6. The molecular formula is C24H30N2O4S. The van der Waals surface area contributed by atoms with Crippen molar-refractivity contribution in [2.24, 2.45) is 0 Å². The highest BCUT2D eigenvalue weighted by molar-refractivity contribution is 7.89. The van der Waals surface area contributed by atoms with Crippen molar-refractivity contribution in [3.63, 3.8) is 0 Å². The molecule has 166 valence electrons. The van der Waals surface area contributed by atoms with Gasteiger partial charge in [0.15, 0.2) is 5.78 Å². The molecule has 0 spiro atoms. The third-order valence-corrected chi connectivity index (χ3v) is 7.85. The second kappa shape index (κ2) is 9.75. The average molecular weight is 443 g/mol. The molecule has 7 heteroatoms. The zero-order valence-corrected chi connectivity index (χ0v) is 19.2. The standard InChI is InChI=1S/C24H30N2O4S/c1-4-20-6-8-21(9-7-20)23(27)11-12-24(28)25-13-15-26(16-14-25)31(29,30)22-10-5-18(2)19(3)17-22/h5-10,17H,4,11-16H2,1-3H3. The number of amides is 1. The van der Waals surface area contributed by atoms with Crippen molar-refractivity contribution in [2.75, 3.05) is 26.2 Å². The van der Waals surface area contributed by atoms with Crippen LogP contribution >= 0.6 is 0 Å². The second-order valence-electron chi connectivity index (χ2n) is 8.00. The molecule has 1 fully saturated rings. The van der Waals surface area contributed by atoms with Crippen molar-refractivity contribution in [3.05, 3.63) is 64.7 Å². The van der Waals surface area contributed by atoms with Crippen LogP contribution in [0.3, 0.4) is 0 Å². The van der Waals surface area contributed by atoms with Gasteiger partial charge in [0, 0.05) is 44.6 Å². The summed E-state index contributed by atoms with van der Waals surface area (Å²) in [6, 6.07) is 12.6. The Hall–Kier alpha value is -2.51. The van der Waals surface area contributed by atoms with Gasteiger partial charge in [-0.15, -0.1) is 0 Å². The molecule has 0 bridgehead atoms. The van der Waals surface area contributed by atoms with Gasteiger partial charge in [0.1, 0.15) is 0 Å². The van der Waals surface area contributed by atoms with Gasteiger partial charge >= 0.3 is 0 Å². The van der Waals surface area contributed by atoms with Gasteiger partial charge < -0.3 is 4.90 Å². The van der Waals surface area contributed by atoms with Crippen molar-refractivity contribution in [1.29, 1.82) is 0 Å². The molecule has 1 saturated heterocycles. The van der Waals surface area contributed by atoms with Gasteiger partial charge in [-0.3, -0.25) is 9.59 Å².